The normalized spacial score (nSPS) is 10.6. The highest BCUT2D eigenvalue weighted by Gasteiger charge is 2.11. The molecule has 0 unspecified atom stereocenters. The smallest absolute Gasteiger partial charge is 0.387 e. The molecule has 1 N–H and O–H groups in total. The largest absolute Gasteiger partial charge is 0.476 e. The Labute approximate surface area is 110 Å². The summed E-state index contributed by atoms with van der Waals surface area (Å²) in [7, 11) is 0. The van der Waals surface area contributed by atoms with Crippen LogP contribution in [0.25, 0.3) is 5.69 Å². The van der Waals surface area contributed by atoms with E-state index in [0.29, 0.717) is 5.69 Å². The molecule has 0 aliphatic heterocycles. The molecule has 0 aliphatic carbocycles. The fraction of sp³-hybridized carbons (Fsp3) is 0.0833. The maximum absolute atomic E-state index is 12.0. The first-order chi connectivity index (χ1) is 9.47. The molecule has 0 aliphatic rings. The Bertz CT molecular complexity index is 683. The van der Waals surface area contributed by atoms with Gasteiger partial charge in [-0.15, -0.1) is 0 Å². The molecule has 0 spiro atoms. The molecule has 20 heavy (non-hydrogen) atoms. The van der Waals surface area contributed by atoms with Crippen LogP contribution < -0.4 is 10.2 Å². The molecule has 6 nitrogen and oxygen atoms in total. The lowest BCUT2D eigenvalue weighted by molar-refractivity contribution is -0.0498. The summed E-state index contributed by atoms with van der Waals surface area (Å²) in [5, 5.41) is 12.4. The van der Waals surface area contributed by atoms with Gasteiger partial charge in [-0.3, -0.25) is 4.79 Å². The maximum atomic E-state index is 12.0. The van der Waals surface area contributed by atoms with E-state index in [4.69, 9.17) is 5.11 Å². The summed E-state index contributed by atoms with van der Waals surface area (Å²) in [6.45, 7) is -2.93. The Balaban J connectivity index is 2.34. The lowest BCUT2D eigenvalue weighted by Crippen LogP contribution is -2.20. The van der Waals surface area contributed by atoms with Crippen molar-refractivity contribution >= 4 is 5.97 Å². The van der Waals surface area contributed by atoms with E-state index in [1.807, 2.05) is 0 Å². The average molecular weight is 282 g/mol. The first kappa shape index (κ1) is 13.7. The van der Waals surface area contributed by atoms with E-state index < -0.39 is 23.7 Å². The first-order valence-electron chi connectivity index (χ1n) is 5.36. The van der Waals surface area contributed by atoms with Crippen molar-refractivity contribution < 1.29 is 23.4 Å². The summed E-state index contributed by atoms with van der Waals surface area (Å²) in [5.41, 5.74) is -0.944. The van der Waals surface area contributed by atoms with Crippen LogP contribution in [-0.4, -0.2) is 27.5 Å². The van der Waals surface area contributed by atoms with E-state index in [0.717, 1.165) is 10.7 Å². The molecule has 1 aromatic carbocycles. The third-order valence-electron chi connectivity index (χ3n) is 2.34. The minimum atomic E-state index is -2.93. The van der Waals surface area contributed by atoms with Gasteiger partial charge in [-0.05, 0) is 24.3 Å². The third-order valence-corrected chi connectivity index (χ3v) is 2.34. The van der Waals surface area contributed by atoms with Gasteiger partial charge in [-0.1, -0.05) is 0 Å². The Morgan fingerprint density at radius 1 is 1.25 bits per heavy atom. The van der Waals surface area contributed by atoms with Crippen LogP contribution in [0.3, 0.4) is 0 Å². The number of aromatic carboxylic acids is 1. The standard InChI is InChI=1S/C12H8F2N2O4/c13-12(14)20-8-3-1-7(2-4-8)16-6-5-9(17)10(15-16)11(18)19/h1-6,12H,(H,18,19). The van der Waals surface area contributed by atoms with Gasteiger partial charge in [0.1, 0.15) is 5.75 Å². The summed E-state index contributed by atoms with van der Waals surface area (Å²) in [6.07, 6.45) is 1.28. The lowest BCUT2D eigenvalue weighted by atomic mass is 10.3. The Morgan fingerprint density at radius 2 is 1.90 bits per heavy atom. The Morgan fingerprint density at radius 3 is 2.45 bits per heavy atom. The van der Waals surface area contributed by atoms with Gasteiger partial charge in [0.25, 0.3) is 0 Å². The minimum Gasteiger partial charge on any atom is -0.476 e. The van der Waals surface area contributed by atoms with Crippen LogP contribution in [0.15, 0.2) is 41.3 Å². The van der Waals surface area contributed by atoms with Gasteiger partial charge in [-0.2, -0.15) is 13.9 Å². The molecule has 2 aromatic rings. The van der Waals surface area contributed by atoms with Crippen LogP contribution in [-0.2, 0) is 0 Å². The molecule has 1 aromatic heterocycles. The van der Waals surface area contributed by atoms with Gasteiger partial charge in [0, 0.05) is 12.3 Å². The van der Waals surface area contributed by atoms with Crippen molar-refractivity contribution in [2.24, 2.45) is 0 Å². The second kappa shape index (κ2) is 5.47. The SMILES string of the molecule is O=C(O)c1nn(-c2ccc(OC(F)F)cc2)ccc1=O. The summed E-state index contributed by atoms with van der Waals surface area (Å²) < 4.78 is 29.3. The predicted octanol–water partition coefficient (Wildman–Crippen LogP) is 1.53. The number of carboxylic acid groups (broad SMARTS) is 1. The summed E-state index contributed by atoms with van der Waals surface area (Å²) in [5.74, 6) is -1.48. The predicted molar refractivity (Wildman–Crippen MR) is 63.4 cm³/mol. The summed E-state index contributed by atoms with van der Waals surface area (Å²) in [6, 6.07) is 6.42. The number of halogens is 2. The fourth-order valence-corrected chi connectivity index (χ4v) is 1.48. The molecule has 0 radical (unpaired) electrons. The Hall–Kier alpha value is -2.77. The van der Waals surface area contributed by atoms with Gasteiger partial charge < -0.3 is 9.84 Å². The fourth-order valence-electron chi connectivity index (χ4n) is 1.48. The monoisotopic (exact) mass is 282 g/mol. The van der Waals surface area contributed by atoms with E-state index in [1.165, 1.54) is 30.5 Å². The maximum Gasteiger partial charge on any atom is 0.387 e. The topological polar surface area (TPSA) is 81.4 Å². The number of carbonyl (C=O) groups is 1. The number of hydrogen-bond acceptors (Lipinski definition) is 4. The number of ether oxygens (including phenoxy) is 1. The van der Waals surface area contributed by atoms with Gasteiger partial charge >= 0.3 is 12.6 Å². The lowest BCUT2D eigenvalue weighted by Gasteiger charge is -2.08. The van der Waals surface area contributed by atoms with Crippen LogP contribution >= 0.6 is 0 Å². The zero-order valence-corrected chi connectivity index (χ0v) is 9.86. The van der Waals surface area contributed by atoms with Crippen LogP contribution in [0.4, 0.5) is 8.78 Å². The zero-order valence-electron chi connectivity index (χ0n) is 9.86. The van der Waals surface area contributed by atoms with Crippen molar-refractivity contribution in [1.82, 2.24) is 9.78 Å². The van der Waals surface area contributed by atoms with Crippen molar-refractivity contribution in [2.45, 2.75) is 6.61 Å². The summed E-state index contributed by atoms with van der Waals surface area (Å²) in [4.78, 5) is 22.1. The summed E-state index contributed by atoms with van der Waals surface area (Å²) >= 11 is 0. The molecular weight excluding hydrogens is 274 g/mol. The first-order valence-corrected chi connectivity index (χ1v) is 5.36. The highest BCUT2D eigenvalue weighted by molar-refractivity contribution is 5.84. The zero-order chi connectivity index (χ0) is 14.7. The van der Waals surface area contributed by atoms with Gasteiger partial charge in [-0.25, -0.2) is 9.48 Å². The molecule has 2 rings (SSSR count). The highest BCUT2D eigenvalue weighted by atomic mass is 19.3. The van der Waals surface area contributed by atoms with Crippen molar-refractivity contribution in [2.75, 3.05) is 0 Å². The quantitative estimate of drug-likeness (QED) is 0.919. The molecule has 0 fully saturated rings. The molecular formula is C12H8F2N2O4. The molecule has 0 saturated carbocycles. The van der Waals surface area contributed by atoms with E-state index in [1.54, 1.807) is 0 Å². The van der Waals surface area contributed by atoms with Gasteiger partial charge in [0.2, 0.25) is 11.1 Å². The molecule has 0 amide bonds. The molecule has 8 heteroatoms. The van der Waals surface area contributed by atoms with Crippen molar-refractivity contribution in [3.8, 4) is 11.4 Å². The number of alkyl halides is 2. The average Bonchev–Trinajstić information content (AvgIpc) is 2.39. The van der Waals surface area contributed by atoms with E-state index in [-0.39, 0.29) is 5.75 Å². The second-order valence-corrected chi connectivity index (χ2v) is 3.65. The minimum absolute atomic E-state index is 0.0387. The molecule has 1 heterocycles. The van der Waals surface area contributed by atoms with Crippen molar-refractivity contribution in [3.05, 3.63) is 52.4 Å². The number of carboxylic acids is 1. The second-order valence-electron chi connectivity index (χ2n) is 3.65. The number of hydrogen-bond donors (Lipinski definition) is 1. The number of rotatable bonds is 4. The van der Waals surface area contributed by atoms with E-state index in [2.05, 4.69) is 9.84 Å². The van der Waals surface area contributed by atoms with Gasteiger partial charge in [0.15, 0.2) is 0 Å². The third kappa shape index (κ3) is 2.97. The van der Waals surface area contributed by atoms with E-state index >= 15 is 0 Å². The number of aromatic nitrogens is 2. The molecule has 0 saturated heterocycles. The number of nitrogens with zero attached hydrogens (tertiary/aromatic N) is 2. The van der Waals surface area contributed by atoms with Crippen LogP contribution in [0.5, 0.6) is 5.75 Å². The van der Waals surface area contributed by atoms with E-state index in [9.17, 15) is 18.4 Å². The highest BCUT2D eigenvalue weighted by Crippen LogP contribution is 2.16. The number of benzene rings is 1. The van der Waals surface area contributed by atoms with Crippen LogP contribution in [0, 0.1) is 0 Å². The molecule has 0 bridgehead atoms. The molecule has 104 valence electrons. The van der Waals surface area contributed by atoms with Crippen molar-refractivity contribution in [3.63, 3.8) is 0 Å². The Kier molecular flexibility index (Phi) is 3.74. The molecule has 0 atom stereocenters. The van der Waals surface area contributed by atoms with Gasteiger partial charge in [0.05, 0.1) is 5.69 Å². The van der Waals surface area contributed by atoms with Crippen LogP contribution in [0.2, 0.25) is 0 Å². The van der Waals surface area contributed by atoms with Crippen LogP contribution in [0.1, 0.15) is 10.5 Å². The van der Waals surface area contributed by atoms with Crippen molar-refractivity contribution in [1.29, 1.82) is 0 Å².